The molecule has 0 amide bonds. The minimum Gasteiger partial charge on any atom is -0.330 e. The van der Waals surface area contributed by atoms with E-state index in [-0.39, 0.29) is 0 Å². The van der Waals surface area contributed by atoms with Crippen LogP contribution in [0.3, 0.4) is 0 Å². The van der Waals surface area contributed by atoms with Crippen molar-refractivity contribution < 1.29 is 0 Å². The van der Waals surface area contributed by atoms with E-state index in [1.807, 2.05) is 23.9 Å². The van der Waals surface area contributed by atoms with E-state index in [1.54, 1.807) is 0 Å². The molecule has 0 aromatic heterocycles. The van der Waals surface area contributed by atoms with Crippen LogP contribution in [0.4, 0.5) is 0 Å². The second-order valence-electron chi connectivity index (χ2n) is 3.34. The zero-order valence-electron chi connectivity index (χ0n) is 7.29. The molecule has 0 bridgehead atoms. The third-order valence-electron chi connectivity index (χ3n) is 2.35. The van der Waals surface area contributed by atoms with Gasteiger partial charge in [-0.2, -0.15) is 0 Å². The van der Waals surface area contributed by atoms with Crippen LogP contribution in [-0.2, 0) is 6.42 Å². The van der Waals surface area contributed by atoms with E-state index >= 15 is 0 Å². The van der Waals surface area contributed by atoms with Gasteiger partial charge in [0.2, 0.25) is 0 Å². The molecule has 3 heteroatoms. The molecule has 0 spiro atoms. The van der Waals surface area contributed by atoms with Crippen LogP contribution in [0.5, 0.6) is 0 Å². The van der Waals surface area contributed by atoms with Crippen molar-refractivity contribution in [3.63, 3.8) is 0 Å². The molecular formula is C10H12ClNS. The van der Waals surface area contributed by atoms with Crippen LogP contribution in [0, 0.1) is 5.92 Å². The number of fused-ring (bicyclic) bond motifs is 1. The molecule has 1 nitrogen and oxygen atoms in total. The molecule has 1 heterocycles. The predicted octanol–water partition coefficient (Wildman–Crippen LogP) is 2.56. The van der Waals surface area contributed by atoms with Gasteiger partial charge in [0.15, 0.2) is 0 Å². The molecule has 1 aromatic rings. The van der Waals surface area contributed by atoms with Crippen LogP contribution in [0.2, 0.25) is 5.02 Å². The van der Waals surface area contributed by atoms with Crippen LogP contribution in [0.1, 0.15) is 5.56 Å². The third-order valence-corrected chi connectivity index (χ3v) is 4.19. The molecule has 70 valence electrons. The number of thioether (sulfide) groups is 1. The minimum atomic E-state index is 0.621. The summed E-state index contributed by atoms with van der Waals surface area (Å²) in [6, 6.07) is 6.12. The molecule has 0 saturated carbocycles. The molecule has 2 N–H and O–H groups in total. The standard InChI is InChI=1S/C10H12ClNS/c11-9-3-1-2-8-4-7(5-12)6-13-10(8)9/h1-3,7H,4-6,12H2. The van der Waals surface area contributed by atoms with Gasteiger partial charge in [0.1, 0.15) is 0 Å². The van der Waals surface area contributed by atoms with Gasteiger partial charge in [-0.1, -0.05) is 23.7 Å². The van der Waals surface area contributed by atoms with E-state index in [4.69, 9.17) is 17.3 Å². The van der Waals surface area contributed by atoms with Crippen molar-refractivity contribution in [1.82, 2.24) is 0 Å². The summed E-state index contributed by atoms with van der Waals surface area (Å²) in [6.45, 7) is 0.777. The first kappa shape index (κ1) is 9.38. The minimum absolute atomic E-state index is 0.621. The highest BCUT2D eigenvalue weighted by molar-refractivity contribution is 7.99. The Kier molecular flexibility index (Phi) is 2.82. The summed E-state index contributed by atoms with van der Waals surface area (Å²) in [5, 5.41) is 0.887. The lowest BCUT2D eigenvalue weighted by atomic mass is 10.0. The normalized spacial score (nSPS) is 21.2. The first-order valence-corrected chi connectivity index (χ1v) is 5.78. The maximum Gasteiger partial charge on any atom is 0.0544 e. The topological polar surface area (TPSA) is 26.0 Å². The fourth-order valence-corrected chi connectivity index (χ4v) is 3.16. The molecule has 1 aromatic carbocycles. The van der Waals surface area contributed by atoms with Gasteiger partial charge in [-0.15, -0.1) is 11.8 Å². The molecule has 0 fully saturated rings. The summed E-state index contributed by atoms with van der Waals surface area (Å²) in [5.41, 5.74) is 7.01. The van der Waals surface area contributed by atoms with Crippen molar-refractivity contribution in [2.24, 2.45) is 11.7 Å². The molecule has 1 aliphatic heterocycles. The molecule has 1 aliphatic rings. The van der Waals surface area contributed by atoms with E-state index in [2.05, 4.69) is 6.07 Å². The van der Waals surface area contributed by atoms with Gasteiger partial charge in [0.25, 0.3) is 0 Å². The van der Waals surface area contributed by atoms with E-state index in [1.165, 1.54) is 10.5 Å². The van der Waals surface area contributed by atoms with Gasteiger partial charge in [-0.3, -0.25) is 0 Å². The summed E-state index contributed by atoms with van der Waals surface area (Å²) in [6.07, 6.45) is 1.08. The van der Waals surface area contributed by atoms with Crippen molar-refractivity contribution in [2.45, 2.75) is 11.3 Å². The Bertz CT molecular complexity index is 314. The zero-order valence-corrected chi connectivity index (χ0v) is 8.87. The number of hydrogen-bond acceptors (Lipinski definition) is 2. The van der Waals surface area contributed by atoms with Crippen LogP contribution < -0.4 is 5.73 Å². The fraction of sp³-hybridized carbons (Fsp3) is 0.400. The summed E-state index contributed by atoms with van der Waals surface area (Å²) in [7, 11) is 0. The lowest BCUT2D eigenvalue weighted by Crippen LogP contribution is -2.22. The maximum atomic E-state index is 6.08. The lowest BCUT2D eigenvalue weighted by molar-refractivity contribution is 0.589. The molecule has 0 saturated heterocycles. The number of rotatable bonds is 1. The van der Waals surface area contributed by atoms with Crippen molar-refractivity contribution in [2.75, 3.05) is 12.3 Å². The molecule has 1 unspecified atom stereocenters. The quantitative estimate of drug-likeness (QED) is 0.776. The highest BCUT2D eigenvalue weighted by Crippen LogP contribution is 2.37. The van der Waals surface area contributed by atoms with Gasteiger partial charge >= 0.3 is 0 Å². The highest BCUT2D eigenvalue weighted by atomic mass is 35.5. The van der Waals surface area contributed by atoms with Crippen molar-refractivity contribution in [1.29, 1.82) is 0 Å². The highest BCUT2D eigenvalue weighted by Gasteiger charge is 2.19. The van der Waals surface area contributed by atoms with Crippen LogP contribution in [0.15, 0.2) is 23.1 Å². The van der Waals surface area contributed by atoms with Crippen molar-refractivity contribution in [3.8, 4) is 0 Å². The maximum absolute atomic E-state index is 6.08. The first-order chi connectivity index (χ1) is 6.31. The fourth-order valence-electron chi connectivity index (χ4n) is 1.60. The van der Waals surface area contributed by atoms with E-state index in [0.29, 0.717) is 5.92 Å². The average Bonchev–Trinajstić information content (AvgIpc) is 2.18. The second-order valence-corrected chi connectivity index (χ2v) is 4.78. The van der Waals surface area contributed by atoms with Gasteiger partial charge < -0.3 is 5.73 Å². The van der Waals surface area contributed by atoms with Gasteiger partial charge in [0.05, 0.1) is 5.02 Å². The zero-order chi connectivity index (χ0) is 9.26. The Morgan fingerprint density at radius 2 is 2.38 bits per heavy atom. The van der Waals surface area contributed by atoms with Crippen molar-refractivity contribution >= 4 is 23.4 Å². The predicted molar refractivity (Wildman–Crippen MR) is 58.4 cm³/mol. The van der Waals surface area contributed by atoms with Crippen LogP contribution in [-0.4, -0.2) is 12.3 Å². The summed E-state index contributed by atoms with van der Waals surface area (Å²) in [5.74, 6) is 1.73. The van der Waals surface area contributed by atoms with E-state index in [0.717, 1.165) is 23.7 Å². The Labute approximate surface area is 87.7 Å². The van der Waals surface area contributed by atoms with E-state index < -0.39 is 0 Å². The summed E-state index contributed by atoms with van der Waals surface area (Å²) in [4.78, 5) is 1.26. The van der Waals surface area contributed by atoms with E-state index in [9.17, 15) is 0 Å². The lowest BCUT2D eigenvalue weighted by Gasteiger charge is -2.23. The van der Waals surface area contributed by atoms with Gasteiger partial charge in [-0.05, 0) is 30.5 Å². The molecule has 2 rings (SSSR count). The van der Waals surface area contributed by atoms with Crippen molar-refractivity contribution in [3.05, 3.63) is 28.8 Å². The number of benzene rings is 1. The Morgan fingerprint density at radius 1 is 1.54 bits per heavy atom. The van der Waals surface area contributed by atoms with Gasteiger partial charge in [0, 0.05) is 10.6 Å². The third kappa shape index (κ3) is 1.85. The molecule has 0 radical (unpaired) electrons. The number of nitrogens with two attached hydrogens (primary N) is 1. The first-order valence-electron chi connectivity index (χ1n) is 4.41. The largest absolute Gasteiger partial charge is 0.330 e. The summed E-state index contributed by atoms with van der Waals surface area (Å²) < 4.78 is 0. The van der Waals surface area contributed by atoms with Crippen LogP contribution in [0.25, 0.3) is 0 Å². The molecule has 13 heavy (non-hydrogen) atoms. The van der Waals surface area contributed by atoms with Gasteiger partial charge in [-0.25, -0.2) is 0 Å². The summed E-state index contributed by atoms with van der Waals surface area (Å²) >= 11 is 7.92. The smallest absolute Gasteiger partial charge is 0.0544 e. The Balaban J connectivity index is 2.31. The monoisotopic (exact) mass is 213 g/mol. The molecular weight excluding hydrogens is 202 g/mol. The molecule has 0 aliphatic carbocycles. The second kappa shape index (κ2) is 3.91. The number of halogens is 1. The number of hydrogen-bond donors (Lipinski definition) is 1. The Morgan fingerprint density at radius 3 is 3.15 bits per heavy atom. The van der Waals surface area contributed by atoms with Crippen LogP contribution >= 0.6 is 23.4 Å². The average molecular weight is 214 g/mol. The molecule has 1 atom stereocenters. The Hall–Kier alpha value is -0.180. The SMILES string of the molecule is NCC1CSc2c(Cl)cccc2C1.